The fourth-order valence-electron chi connectivity index (χ4n) is 6.18. The number of carbonyl (C=O) groups excluding carboxylic acids is 4. The number of rotatable bonds is 10. The zero-order chi connectivity index (χ0) is 43.6. The second-order valence-corrected chi connectivity index (χ2v) is 17.0. The Bertz CT molecular complexity index is 2420. The van der Waals surface area contributed by atoms with Gasteiger partial charge in [0.15, 0.2) is 0 Å². The lowest BCUT2D eigenvalue weighted by atomic mass is 9.92. The topological polar surface area (TPSA) is 193 Å². The lowest BCUT2D eigenvalue weighted by molar-refractivity contribution is 0.202. The summed E-state index contributed by atoms with van der Waals surface area (Å²) < 4.78 is 37.6. The van der Waals surface area contributed by atoms with Crippen LogP contribution in [-0.4, -0.2) is 32.7 Å². The molecule has 0 aromatic heterocycles. The van der Waals surface area contributed by atoms with Gasteiger partial charge in [-0.05, 0) is 97.1 Å². The molecule has 0 aliphatic heterocycles. The molecular formula is C46H44N6O8S. The van der Waals surface area contributed by atoms with Crippen LogP contribution in [0.4, 0.5) is 30.6 Å². The van der Waals surface area contributed by atoms with Crippen LogP contribution in [0.1, 0.15) is 27.7 Å². The predicted octanol–water partition coefficient (Wildman–Crippen LogP) is 9.07. The van der Waals surface area contributed by atoms with Crippen LogP contribution in [0.3, 0.4) is 0 Å². The number of sulfone groups is 1. The van der Waals surface area contributed by atoms with E-state index in [2.05, 4.69) is 31.9 Å². The van der Waals surface area contributed by atoms with Crippen molar-refractivity contribution in [3.63, 3.8) is 0 Å². The average Bonchev–Trinajstić information content (AvgIpc) is 3.43. The van der Waals surface area contributed by atoms with Crippen molar-refractivity contribution in [2.45, 2.75) is 37.5 Å². The molecule has 0 spiro atoms. The van der Waals surface area contributed by atoms with Crippen molar-refractivity contribution in [2.75, 3.05) is 10.6 Å². The van der Waals surface area contributed by atoms with Crippen LogP contribution in [0.25, 0.3) is 0 Å². The molecule has 0 atom stereocenters. The third-order valence-electron chi connectivity index (χ3n) is 8.76. The number of nitrogens with one attached hydrogen (secondary N) is 6. The van der Waals surface area contributed by atoms with E-state index in [9.17, 15) is 27.6 Å². The molecular weight excluding hydrogens is 797 g/mol. The SMILES string of the molecule is CC1(C)C=C(NC(=O)Nc2ccc(S(=O)(=O)c3ccc(NC(=O)NC4=CC(C)(C)C=C(NC(=O)Oc5ccccc5)C=C4)cc3)cc2)C=CC(NC(=O)Oc2ccccc2)=C1. The molecule has 4 aromatic rings. The van der Waals surface area contributed by atoms with Gasteiger partial charge in [0.1, 0.15) is 11.5 Å². The summed E-state index contributed by atoms with van der Waals surface area (Å²) >= 11 is 0. The molecule has 0 heterocycles. The molecule has 6 amide bonds. The molecule has 0 radical (unpaired) electrons. The zero-order valence-corrected chi connectivity index (χ0v) is 34.5. The quantitative estimate of drug-likeness (QED) is 0.0911. The van der Waals surface area contributed by atoms with Crippen LogP contribution in [0, 0.1) is 10.8 Å². The van der Waals surface area contributed by atoms with Crippen LogP contribution in [0.2, 0.25) is 0 Å². The summed E-state index contributed by atoms with van der Waals surface area (Å²) in [6.45, 7) is 7.62. The molecule has 0 fully saturated rings. The largest absolute Gasteiger partial charge is 0.417 e. The number of ether oxygens (including phenoxy) is 2. The average molecular weight is 841 g/mol. The summed E-state index contributed by atoms with van der Waals surface area (Å²) in [5.41, 5.74) is 1.45. The van der Waals surface area contributed by atoms with E-state index in [1.165, 1.54) is 48.5 Å². The maximum absolute atomic E-state index is 13.5. The number of para-hydroxylation sites is 2. The van der Waals surface area contributed by atoms with Gasteiger partial charge in [-0.2, -0.15) is 0 Å². The van der Waals surface area contributed by atoms with Gasteiger partial charge in [0.05, 0.1) is 9.79 Å². The summed E-state index contributed by atoms with van der Waals surface area (Å²) in [7, 11) is -3.95. The molecule has 2 aliphatic carbocycles. The number of amides is 6. The van der Waals surface area contributed by atoms with E-state index in [-0.39, 0.29) is 9.79 Å². The standard InChI is InChI=1S/C46H44N6O8S/c1-45(2)27-33(15-17-35(29-45)51-43(55)59-37-11-7-5-8-12-37)49-41(53)47-31-19-23-39(24-20-31)61(57,58)40-25-21-32(22-26-40)48-42(54)50-34-16-18-36(30-46(3,4)28-34)52-44(56)60-38-13-9-6-10-14-38/h5-30H,1-4H3,(H,51,55)(H,52,56)(H2,47,49,53)(H2,48,50,54). The van der Waals surface area contributed by atoms with Gasteiger partial charge in [-0.1, -0.05) is 88.4 Å². The number of hydrogen-bond donors (Lipinski definition) is 6. The number of benzene rings is 4. The monoisotopic (exact) mass is 840 g/mol. The Labute approximate surface area is 353 Å². The van der Waals surface area contributed by atoms with Crippen LogP contribution < -0.4 is 41.4 Å². The Hall–Kier alpha value is -7.65. The van der Waals surface area contributed by atoms with Gasteiger partial charge in [-0.15, -0.1) is 0 Å². The summed E-state index contributed by atoms with van der Waals surface area (Å²) in [5, 5.41) is 16.4. The highest BCUT2D eigenvalue weighted by Gasteiger charge is 2.22. The molecule has 15 heteroatoms. The first-order valence-corrected chi connectivity index (χ1v) is 20.5. The number of anilines is 2. The lowest BCUT2D eigenvalue weighted by Crippen LogP contribution is -2.28. The van der Waals surface area contributed by atoms with E-state index in [1.54, 1.807) is 72.8 Å². The smallest absolute Gasteiger partial charge is 0.410 e. The minimum absolute atomic E-state index is 0.00420. The van der Waals surface area contributed by atoms with Crippen molar-refractivity contribution >= 4 is 45.5 Å². The maximum atomic E-state index is 13.5. The molecule has 0 unspecified atom stereocenters. The first-order chi connectivity index (χ1) is 29.0. The summed E-state index contributed by atoms with van der Waals surface area (Å²) in [6.07, 6.45) is 12.5. The highest BCUT2D eigenvalue weighted by molar-refractivity contribution is 7.91. The summed E-state index contributed by atoms with van der Waals surface area (Å²) in [4.78, 5) is 50.8. The number of carbonyl (C=O) groups is 4. The van der Waals surface area contributed by atoms with Crippen molar-refractivity contribution < 1.29 is 37.1 Å². The van der Waals surface area contributed by atoms with Gasteiger partial charge in [-0.3, -0.25) is 10.6 Å². The highest BCUT2D eigenvalue weighted by atomic mass is 32.2. The van der Waals surface area contributed by atoms with Crippen LogP contribution >= 0.6 is 0 Å². The van der Waals surface area contributed by atoms with Gasteiger partial charge >= 0.3 is 24.2 Å². The van der Waals surface area contributed by atoms with Gasteiger partial charge in [0, 0.05) is 45.0 Å². The van der Waals surface area contributed by atoms with Gasteiger partial charge in [0.25, 0.3) is 0 Å². The number of urea groups is 2. The van der Waals surface area contributed by atoms with E-state index in [0.29, 0.717) is 45.7 Å². The second-order valence-electron chi connectivity index (χ2n) is 15.1. The number of allylic oxidation sites excluding steroid dienone is 8. The molecule has 14 nitrogen and oxygen atoms in total. The molecule has 61 heavy (non-hydrogen) atoms. The Kier molecular flexibility index (Phi) is 13.0. The van der Waals surface area contributed by atoms with Crippen molar-refractivity contribution in [2.24, 2.45) is 10.8 Å². The van der Waals surface area contributed by atoms with Crippen molar-refractivity contribution in [1.82, 2.24) is 21.3 Å². The minimum Gasteiger partial charge on any atom is -0.410 e. The van der Waals surface area contributed by atoms with Crippen molar-refractivity contribution in [3.8, 4) is 11.5 Å². The lowest BCUT2D eigenvalue weighted by Gasteiger charge is -2.17. The first kappa shape index (κ1) is 42.9. The Morgan fingerprint density at radius 2 is 0.738 bits per heavy atom. The summed E-state index contributed by atoms with van der Waals surface area (Å²) in [6, 6.07) is 27.6. The molecule has 0 bridgehead atoms. The fraction of sp³-hybridized carbons (Fsp3) is 0.130. The normalized spacial score (nSPS) is 15.1. The predicted molar refractivity (Wildman–Crippen MR) is 232 cm³/mol. The Balaban J connectivity index is 0.993. The van der Waals surface area contributed by atoms with Crippen molar-refractivity contribution in [1.29, 1.82) is 0 Å². The fourth-order valence-corrected chi connectivity index (χ4v) is 7.45. The molecule has 6 rings (SSSR count). The molecule has 0 saturated carbocycles. The van der Waals surface area contributed by atoms with Gasteiger partial charge in [0.2, 0.25) is 9.84 Å². The van der Waals surface area contributed by atoms with Gasteiger partial charge < -0.3 is 30.7 Å². The molecule has 4 aromatic carbocycles. The molecule has 6 N–H and O–H groups in total. The van der Waals surface area contributed by atoms with E-state index in [0.717, 1.165) is 0 Å². The van der Waals surface area contributed by atoms with E-state index in [1.807, 2.05) is 64.1 Å². The maximum Gasteiger partial charge on any atom is 0.417 e. The van der Waals surface area contributed by atoms with Crippen LogP contribution in [-0.2, 0) is 9.84 Å². The van der Waals surface area contributed by atoms with E-state index in [4.69, 9.17) is 9.47 Å². The molecule has 0 saturated heterocycles. The Morgan fingerprint density at radius 3 is 1.07 bits per heavy atom. The zero-order valence-electron chi connectivity index (χ0n) is 33.7. The second kappa shape index (κ2) is 18.5. The minimum atomic E-state index is -3.95. The molecule has 2 aliphatic rings. The highest BCUT2D eigenvalue weighted by Crippen LogP contribution is 2.28. The number of hydrogen-bond acceptors (Lipinski definition) is 8. The Morgan fingerprint density at radius 1 is 0.426 bits per heavy atom. The summed E-state index contributed by atoms with van der Waals surface area (Å²) in [5.74, 6) is 0.792. The third kappa shape index (κ3) is 12.7. The van der Waals surface area contributed by atoms with Crippen molar-refractivity contribution in [3.05, 3.63) is 181 Å². The molecule has 312 valence electrons. The van der Waals surface area contributed by atoms with Crippen LogP contribution in [0.5, 0.6) is 11.5 Å². The third-order valence-corrected chi connectivity index (χ3v) is 10.5. The van der Waals surface area contributed by atoms with Crippen LogP contribution in [0.15, 0.2) is 190 Å². The van der Waals surface area contributed by atoms with Gasteiger partial charge in [-0.25, -0.2) is 27.6 Å². The van der Waals surface area contributed by atoms with E-state index >= 15 is 0 Å². The van der Waals surface area contributed by atoms with E-state index < -0.39 is 44.9 Å². The first-order valence-electron chi connectivity index (χ1n) is 19.0.